The second kappa shape index (κ2) is 6.15. The van der Waals surface area contributed by atoms with E-state index >= 15 is 0 Å². The summed E-state index contributed by atoms with van der Waals surface area (Å²) in [5.41, 5.74) is -0.136. The highest BCUT2D eigenvalue weighted by atomic mass is 19.1. The van der Waals surface area contributed by atoms with Crippen molar-refractivity contribution in [2.75, 3.05) is 31.7 Å². The van der Waals surface area contributed by atoms with Crippen LogP contribution >= 0.6 is 0 Å². The summed E-state index contributed by atoms with van der Waals surface area (Å²) in [6, 6.07) is 0.972. The largest absolute Gasteiger partial charge is 0.478 e. The molecule has 0 unspecified atom stereocenters. The summed E-state index contributed by atoms with van der Waals surface area (Å²) in [5, 5.41) is 9.00. The smallest absolute Gasteiger partial charge is 0.339 e. The van der Waals surface area contributed by atoms with Crippen LogP contribution in [0.5, 0.6) is 0 Å². The SMILES string of the molecule is CCN(CCOC)c1ncc(F)cc1C(=O)O. The van der Waals surface area contributed by atoms with Crippen LogP contribution in [0.25, 0.3) is 0 Å². The van der Waals surface area contributed by atoms with Gasteiger partial charge < -0.3 is 14.7 Å². The minimum absolute atomic E-state index is 0.136. The third-order valence-corrected chi connectivity index (χ3v) is 2.31. The number of ether oxygens (including phenoxy) is 1. The summed E-state index contributed by atoms with van der Waals surface area (Å²) in [4.78, 5) is 16.6. The highest BCUT2D eigenvalue weighted by Gasteiger charge is 2.17. The highest BCUT2D eigenvalue weighted by molar-refractivity contribution is 5.93. The van der Waals surface area contributed by atoms with Crippen LogP contribution in [-0.2, 0) is 4.74 Å². The summed E-state index contributed by atoms with van der Waals surface area (Å²) >= 11 is 0. The Hall–Kier alpha value is -1.69. The summed E-state index contributed by atoms with van der Waals surface area (Å²) in [6.07, 6.45) is 1.01. The Bertz CT molecular complexity index is 398. The van der Waals surface area contributed by atoms with Crippen molar-refractivity contribution in [2.45, 2.75) is 6.92 Å². The first kappa shape index (κ1) is 13.4. The number of carbonyl (C=O) groups is 1. The van der Waals surface area contributed by atoms with Gasteiger partial charge in [-0.05, 0) is 13.0 Å². The molecule has 0 fully saturated rings. The fourth-order valence-electron chi connectivity index (χ4n) is 1.46. The van der Waals surface area contributed by atoms with Gasteiger partial charge in [-0.15, -0.1) is 0 Å². The van der Waals surface area contributed by atoms with Gasteiger partial charge in [0.05, 0.1) is 12.8 Å². The lowest BCUT2D eigenvalue weighted by atomic mass is 10.2. The molecule has 0 aliphatic heterocycles. The zero-order valence-corrected chi connectivity index (χ0v) is 9.81. The van der Waals surface area contributed by atoms with Crippen LogP contribution in [0.2, 0.25) is 0 Å². The second-order valence-electron chi connectivity index (χ2n) is 3.40. The molecule has 1 rings (SSSR count). The topological polar surface area (TPSA) is 62.7 Å². The van der Waals surface area contributed by atoms with Crippen LogP contribution in [0.3, 0.4) is 0 Å². The molecule has 1 heterocycles. The maximum Gasteiger partial charge on any atom is 0.339 e. The lowest BCUT2D eigenvalue weighted by Crippen LogP contribution is -2.29. The Kier molecular flexibility index (Phi) is 4.84. The zero-order valence-electron chi connectivity index (χ0n) is 9.81. The Morgan fingerprint density at radius 2 is 2.35 bits per heavy atom. The van der Waals surface area contributed by atoms with Gasteiger partial charge in [0.1, 0.15) is 17.2 Å². The number of carboxylic acids is 1. The van der Waals surface area contributed by atoms with Crippen molar-refractivity contribution >= 4 is 11.8 Å². The van der Waals surface area contributed by atoms with E-state index in [1.54, 1.807) is 12.0 Å². The molecular formula is C11H15FN2O3. The van der Waals surface area contributed by atoms with Crippen LogP contribution in [0.4, 0.5) is 10.2 Å². The molecule has 5 nitrogen and oxygen atoms in total. The monoisotopic (exact) mass is 242 g/mol. The number of likely N-dealkylation sites (N-methyl/N-ethyl adjacent to an activating group) is 1. The number of pyridine rings is 1. The van der Waals surface area contributed by atoms with E-state index in [1.807, 2.05) is 6.92 Å². The van der Waals surface area contributed by atoms with Gasteiger partial charge in [-0.3, -0.25) is 0 Å². The zero-order chi connectivity index (χ0) is 12.8. The van der Waals surface area contributed by atoms with E-state index in [4.69, 9.17) is 9.84 Å². The van der Waals surface area contributed by atoms with Gasteiger partial charge in [0.15, 0.2) is 0 Å². The molecule has 1 aromatic rings. The van der Waals surface area contributed by atoms with Crippen molar-refractivity contribution in [1.29, 1.82) is 0 Å². The van der Waals surface area contributed by atoms with Crippen LogP contribution < -0.4 is 4.90 Å². The Morgan fingerprint density at radius 3 is 2.88 bits per heavy atom. The number of methoxy groups -OCH3 is 1. The molecule has 1 N–H and O–H groups in total. The minimum Gasteiger partial charge on any atom is -0.478 e. The number of carboxylic acid groups (broad SMARTS) is 1. The molecule has 1 aromatic heterocycles. The predicted molar refractivity (Wildman–Crippen MR) is 60.9 cm³/mol. The van der Waals surface area contributed by atoms with E-state index in [9.17, 15) is 9.18 Å². The molecule has 0 saturated carbocycles. The van der Waals surface area contributed by atoms with E-state index < -0.39 is 11.8 Å². The Morgan fingerprint density at radius 1 is 1.65 bits per heavy atom. The van der Waals surface area contributed by atoms with Gasteiger partial charge in [0, 0.05) is 20.2 Å². The maximum absolute atomic E-state index is 13.0. The number of halogens is 1. The number of hydrogen-bond donors (Lipinski definition) is 1. The number of anilines is 1. The molecule has 0 saturated heterocycles. The summed E-state index contributed by atoms with van der Waals surface area (Å²) in [5.74, 6) is -1.59. The third kappa shape index (κ3) is 3.39. The lowest BCUT2D eigenvalue weighted by Gasteiger charge is -2.22. The van der Waals surface area contributed by atoms with Crippen molar-refractivity contribution in [1.82, 2.24) is 4.98 Å². The average Bonchev–Trinajstić information content (AvgIpc) is 2.31. The van der Waals surface area contributed by atoms with Gasteiger partial charge >= 0.3 is 5.97 Å². The Labute approximate surface area is 98.8 Å². The summed E-state index contributed by atoms with van der Waals surface area (Å²) < 4.78 is 17.9. The first-order chi connectivity index (χ1) is 8.10. The molecule has 0 aliphatic carbocycles. The van der Waals surface area contributed by atoms with E-state index in [-0.39, 0.29) is 11.4 Å². The standard InChI is InChI=1S/C11H15FN2O3/c1-3-14(4-5-17-2)10-9(11(15)16)6-8(12)7-13-10/h6-7H,3-5H2,1-2H3,(H,15,16). The Balaban J connectivity index is 3.05. The van der Waals surface area contributed by atoms with E-state index in [0.717, 1.165) is 12.3 Å². The third-order valence-electron chi connectivity index (χ3n) is 2.31. The number of hydrogen-bond acceptors (Lipinski definition) is 4. The molecule has 0 aliphatic rings. The molecule has 0 amide bonds. The van der Waals surface area contributed by atoms with Gasteiger partial charge in [-0.1, -0.05) is 0 Å². The molecule has 0 spiro atoms. The first-order valence-electron chi connectivity index (χ1n) is 5.22. The minimum atomic E-state index is -1.19. The fourth-order valence-corrected chi connectivity index (χ4v) is 1.46. The van der Waals surface area contributed by atoms with Crippen molar-refractivity contribution in [2.24, 2.45) is 0 Å². The number of aromatic nitrogens is 1. The lowest BCUT2D eigenvalue weighted by molar-refractivity contribution is 0.0696. The summed E-state index contributed by atoms with van der Waals surface area (Å²) in [6.45, 7) is 3.40. The van der Waals surface area contributed by atoms with Crippen molar-refractivity contribution in [3.05, 3.63) is 23.6 Å². The van der Waals surface area contributed by atoms with Crippen LogP contribution in [-0.4, -0.2) is 42.9 Å². The fraction of sp³-hybridized carbons (Fsp3) is 0.455. The molecule has 0 aromatic carbocycles. The molecule has 94 valence electrons. The van der Waals surface area contributed by atoms with E-state index in [2.05, 4.69) is 4.98 Å². The van der Waals surface area contributed by atoms with Crippen LogP contribution in [0, 0.1) is 5.82 Å². The second-order valence-corrected chi connectivity index (χ2v) is 3.40. The van der Waals surface area contributed by atoms with Crippen molar-refractivity contribution in [3.63, 3.8) is 0 Å². The molecule has 0 bridgehead atoms. The van der Waals surface area contributed by atoms with Crippen LogP contribution in [0.15, 0.2) is 12.3 Å². The quantitative estimate of drug-likeness (QED) is 0.816. The molecule has 0 atom stereocenters. The van der Waals surface area contributed by atoms with Gasteiger partial charge in [-0.2, -0.15) is 0 Å². The molecule has 6 heteroatoms. The number of rotatable bonds is 6. The normalized spacial score (nSPS) is 10.3. The van der Waals surface area contributed by atoms with Gasteiger partial charge in [0.2, 0.25) is 0 Å². The maximum atomic E-state index is 13.0. The molecule has 0 radical (unpaired) electrons. The van der Waals surface area contributed by atoms with E-state index in [0.29, 0.717) is 19.7 Å². The molecular weight excluding hydrogens is 227 g/mol. The van der Waals surface area contributed by atoms with Crippen molar-refractivity contribution in [3.8, 4) is 0 Å². The van der Waals surface area contributed by atoms with Gasteiger partial charge in [-0.25, -0.2) is 14.2 Å². The van der Waals surface area contributed by atoms with E-state index in [1.165, 1.54) is 0 Å². The van der Waals surface area contributed by atoms with Gasteiger partial charge in [0.25, 0.3) is 0 Å². The summed E-state index contributed by atoms with van der Waals surface area (Å²) in [7, 11) is 1.56. The number of nitrogens with zero attached hydrogens (tertiary/aromatic N) is 2. The number of aromatic carboxylic acids is 1. The van der Waals surface area contributed by atoms with Crippen LogP contribution in [0.1, 0.15) is 17.3 Å². The highest BCUT2D eigenvalue weighted by Crippen LogP contribution is 2.18. The average molecular weight is 242 g/mol. The molecule has 17 heavy (non-hydrogen) atoms. The predicted octanol–water partition coefficient (Wildman–Crippen LogP) is 1.39. The first-order valence-corrected chi connectivity index (χ1v) is 5.22. The van der Waals surface area contributed by atoms with Crippen molar-refractivity contribution < 1.29 is 19.0 Å².